The van der Waals surface area contributed by atoms with Crippen molar-refractivity contribution in [1.29, 1.82) is 0 Å². The lowest BCUT2D eigenvalue weighted by Gasteiger charge is -2.37. The van der Waals surface area contributed by atoms with E-state index in [1.54, 1.807) is 6.20 Å². The number of aromatic amines is 1. The van der Waals surface area contributed by atoms with Gasteiger partial charge in [0.2, 0.25) is 0 Å². The first-order chi connectivity index (χ1) is 13.5. The van der Waals surface area contributed by atoms with Crippen molar-refractivity contribution in [3.8, 4) is 0 Å². The standard InChI is InChI=1S/C22H27BBrN3O2/c1-20(2,3)16-9-19(24)27-11-14(16)10-22(6)21(4,5)28-23(29-22)17-12-26-18-13-25-8-7-15(17)18/h7-9,11-13,26H,10H2,1-6H3. The minimum absolute atomic E-state index is 0.00397. The van der Waals surface area contributed by atoms with Crippen LogP contribution in [-0.2, 0) is 21.1 Å². The van der Waals surface area contributed by atoms with E-state index in [1.165, 1.54) is 11.1 Å². The van der Waals surface area contributed by atoms with Crippen molar-refractivity contribution in [2.75, 3.05) is 0 Å². The maximum atomic E-state index is 6.62. The zero-order valence-electron chi connectivity index (χ0n) is 17.8. The molecule has 0 aromatic carbocycles. The Morgan fingerprint density at radius 1 is 1.17 bits per heavy atom. The minimum atomic E-state index is -0.510. The summed E-state index contributed by atoms with van der Waals surface area (Å²) in [7, 11) is -0.437. The third-order valence-corrected chi connectivity index (χ3v) is 6.53. The number of fused-ring (bicyclic) bond motifs is 1. The summed E-state index contributed by atoms with van der Waals surface area (Å²) in [4.78, 5) is 11.9. The molecule has 3 aromatic heterocycles. The Morgan fingerprint density at radius 3 is 2.66 bits per heavy atom. The second-order valence-electron chi connectivity index (χ2n) is 9.57. The molecule has 1 aliphatic rings. The molecule has 1 unspecified atom stereocenters. The highest BCUT2D eigenvalue weighted by atomic mass is 79.9. The minimum Gasteiger partial charge on any atom is -0.399 e. The number of halogens is 1. The molecule has 1 atom stereocenters. The van der Waals surface area contributed by atoms with Crippen LogP contribution in [0.25, 0.3) is 10.9 Å². The molecule has 4 rings (SSSR count). The van der Waals surface area contributed by atoms with Crippen molar-refractivity contribution in [1.82, 2.24) is 15.0 Å². The van der Waals surface area contributed by atoms with E-state index in [2.05, 4.69) is 78.5 Å². The van der Waals surface area contributed by atoms with Crippen LogP contribution in [0.5, 0.6) is 0 Å². The third kappa shape index (κ3) is 3.64. The summed E-state index contributed by atoms with van der Waals surface area (Å²) >= 11 is 3.52. The molecule has 0 aliphatic carbocycles. The maximum Gasteiger partial charge on any atom is 0.497 e. The van der Waals surface area contributed by atoms with E-state index in [-0.39, 0.29) is 5.41 Å². The van der Waals surface area contributed by atoms with Gasteiger partial charge >= 0.3 is 7.12 Å². The van der Waals surface area contributed by atoms with Gasteiger partial charge in [0.05, 0.1) is 22.9 Å². The van der Waals surface area contributed by atoms with Crippen molar-refractivity contribution < 1.29 is 9.31 Å². The van der Waals surface area contributed by atoms with Gasteiger partial charge in [0.25, 0.3) is 0 Å². The molecule has 4 heterocycles. The molecule has 0 amide bonds. The second-order valence-corrected chi connectivity index (χ2v) is 10.4. The smallest absolute Gasteiger partial charge is 0.399 e. The fraction of sp³-hybridized carbons (Fsp3) is 0.455. The Hall–Kier alpha value is -1.70. The van der Waals surface area contributed by atoms with E-state index in [0.29, 0.717) is 6.42 Å². The van der Waals surface area contributed by atoms with E-state index < -0.39 is 18.3 Å². The normalized spacial score (nSPS) is 21.8. The molecule has 1 saturated heterocycles. The zero-order valence-corrected chi connectivity index (χ0v) is 19.4. The van der Waals surface area contributed by atoms with Crippen LogP contribution < -0.4 is 5.46 Å². The average molecular weight is 456 g/mol. The molecule has 0 radical (unpaired) electrons. The average Bonchev–Trinajstić information content (AvgIpc) is 3.14. The summed E-state index contributed by atoms with van der Waals surface area (Å²) in [5.41, 5.74) is 3.45. The number of nitrogens with one attached hydrogen (secondary N) is 1. The molecule has 3 aromatic rings. The first-order valence-corrected chi connectivity index (χ1v) is 10.7. The largest absolute Gasteiger partial charge is 0.497 e. The predicted octanol–water partition coefficient (Wildman–Crippen LogP) is 4.54. The zero-order chi connectivity index (χ0) is 21.0. The lowest BCUT2D eigenvalue weighted by atomic mass is 9.77. The van der Waals surface area contributed by atoms with Gasteiger partial charge in [-0.3, -0.25) is 4.98 Å². The van der Waals surface area contributed by atoms with Crippen LogP contribution in [-0.4, -0.2) is 33.3 Å². The lowest BCUT2D eigenvalue weighted by molar-refractivity contribution is -0.00907. The topological polar surface area (TPSA) is 60.0 Å². The monoisotopic (exact) mass is 455 g/mol. The summed E-state index contributed by atoms with van der Waals surface area (Å²) in [6.45, 7) is 13.0. The highest BCUT2D eigenvalue weighted by Crippen LogP contribution is 2.41. The summed E-state index contributed by atoms with van der Waals surface area (Å²) in [6.07, 6.45) is 8.25. The quantitative estimate of drug-likeness (QED) is 0.465. The Morgan fingerprint density at radius 2 is 1.93 bits per heavy atom. The number of hydrogen-bond donors (Lipinski definition) is 1. The van der Waals surface area contributed by atoms with E-state index in [1.807, 2.05) is 24.7 Å². The molecule has 7 heteroatoms. The molecule has 0 bridgehead atoms. The second kappa shape index (κ2) is 6.93. The van der Waals surface area contributed by atoms with Gasteiger partial charge in [0.1, 0.15) is 4.60 Å². The van der Waals surface area contributed by atoms with Gasteiger partial charge in [0.15, 0.2) is 0 Å². The number of H-pyrrole nitrogens is 1. The number of aromatic nitrogens is 3. The van der Waals surface area contributed by atoms with Crippen LogP contribution in [0, 0.1) is 0 Å². The van der Waals surface area contributed by atoms with Crippen LogP contribution in [0.1, 0.15) is 52.7 Å². The highest BCUT2D eigenvalue weighted by molar-refractivity contribution is 9.10. The summed E-state index contributed by atoms with van der Waals surface area (Å²) in [6, 6.07) is 4.11. The van der Waals surface area contributed by atoms with Crippen molar-refractivity contribution >= 4 is 39.4 Å². The van der Waals surface area contributed by atoms with Crippen LogP contribution in [0.15, 0.2) is 41.5 Å². The van der Waals surface area contributed by atoms with Gasteiger partial charge in [-0.15, -0.1) is 0 Å². The van der Waals surface area contributed by atoms with E-state index >= 15 is 0 Å². The molecular formula is C22H27BBrN3O2. The molecule has 5 nitrogen and oxygen atoms in total. The van der Waals surface area contributed by atoms with Gasteiger partial charge in [-0.25, -0.2) is 4.98 Å². The number of pyridine rings is 2. The fourth-order valence-electron chi connectivity index (χ4n) is 4.03. The molecule has 152 valence electrons. The van der Waals surface area contributed by atoms with E-state index in [4.69, 9.17) is 9.31 Å². The Balaban J connectivity index is 1.69. The molecule has 0 spiro atoms. The van der Waals surface area contributed by atoms with Crippen molar-refractivity contribution in [3.05, 3.63) is 52.7 Å². The van der Waals surface area contributed by atoms with Gasteiger partial charge in [-0.2, -0.15) is 0 Å². The number of nitrogens with zero attached hydrogens (tertiary/aromatic N) is 2. The first kappa shape index (κ1) is 20.6. The Labute approximate surface area is 180 Å². The maximum absolute atomic E-state index is 6.62. The molecular weight excluding hydrogens is 429 g/mol. The fourth-order valence-corrected chi connectivity index (χ4v) is 4.36. The summed E-state index contributed by atoms with van der Waals surface area (Å²) in [5, 5.41) is 1.07. The highest BCUT2D eigenvalue weighted by Gasteiger charge is 2.55. The number of rotatable bonds is 3. The molecule has 1 N–H and O–H groups in total. The first-order valence-electron chi connectivity index (χ1n) is 9.92. The Kier molecular flexibility index (Phi) is 4.92. The molecule has 1 fully saturated rings. The van der Waals surface area contributed by atoms with Gasteiger partial charge in [0, 0.05) is 35.9 Å². The SMILES string of the molecule is CC(C)(C)c1cc(Br)ncc1CC1(C)OB(c2c[nH]c3cnccc23)OC1(C)C. The van der Waals surface area contributed by atoms with Crippen LogP contribution in [0.2, 0.25) is 0 Å². The van der Waals surface area contributed by atoms with Gasteiger partial charge < -0.3 is 14.3 Å². The molecule has 29 heavy (non-hydrogen) atoms. The molecule has 0 saturated carbocycles. The van der Waals surface area contributed by atoms with Crippen LogP contribution in [0.4, 0.5) is 0 Å². The van der Waals surface area contributed by atoms with Crippen LogP contribution >= 0.6 is 15.9 Å². The van der Waals surface area contributed by atoms with Crippen molar-refractivity contribution in [2.45, 2.75) is 64.6 Å². The van der Waals surface area contributed by atoms with Gasteiger partial charge in [-0.05, 0) is 65.4 Å². The third-order valence-electron chi connectivity index (χ3n) is 6.10. The van der Waals surface area contributed by atoms with Crippen molar-refractivity contribution in [3.63, 3.8) is 0 Å². The van der Waals surface area contributed by atoms with Crippen LogP contribution in [0.3, 0.4) is 0 Å². The van der Waals surface area contributed by atoms with Crippen molar-refractivity contribution in [2.24, 2.45) is 0 Å². The Bertz CT molecular complexity index is 1060. The lowest BCUT2D eigenvalue weighted by Crippen LogP contribution is -2.47. The van der Waals surface area contributed by atoms with Gasteiger partial charge in [-0.1, -0.05) is 20.8 Å². The van der Waals surface area contributed by atoms with E-state index in [9.17, 15) is 0 Å². The van der Waals surface area contributed by atoms with E-state index in [0.717, 1.165) is 21.0 Å². The predicted molar refractivity (Wildman–Crippen MR) is 120 cm³/mol. The number of hydrogen-bond acceptors (Lipinski definition) is 4. The summed E-state index contributed by atoms with van der Waals surface area (Å²) < 4.78 is 13.9. The molecule has 1 aliphatic heterocycles. The summed E-state index contributed by atoms with van der Waals surface area (Å²) in [5.74, 6) is 0.